The van der Waals surface area contributed by atoms with Gasteiger partial charge in [0.25, 0.3) is 5.56 Å². The summed E-state index contributed by atoms with van der Waals surface area (Å²) >= 11 is 1.54. The molecule has 5 rings (SSSR count). The van der Waals surface area contributed by atoms with Crippen LogP contribution in [0.1, 0.15) is 44.6 Å². The lowest BCUT2D eigenvalue weighted by Gasteiger charge is -2.32. The molecule has 8 heteroatoms. The first-order chi connectivity index (χ1) is 14.6. The molecule has 1 aromatic carbocycles. The van der Waals surface area contributed by atoms with Crippen LogP contribution in [0.15, 0.2) is 46.5 Å². The Morgan fingerprint density at radius 1 is 1.20 bits per heavy atom. The van der Waals surface area contributed by atoms with Gasteiger partial charge in [0.05, 0.1) is 17.9 Å². The predicted molar refractivity (Wildman–Crippen MR) is 117 cm³/mol. The monoisotopic (exact) mass is 423 g/mol. The molecule has 3 aromatic rings. The zero-order chi connectivity index (χ0) is 20.7. The molecule has 1 amide bonds. The van der Waals surface area contributed by atoms with E-state index in [1.807, 2.05) is 42.3 Å². The largest absolute Gasteiger partial charge is 0.343 e. The summed E-state index contributed by atoms with van der Waals surface area (Å²) in [6.07, 6.45) is 7.74. The van der Waals surface area contributed by atoms with Crippen molar-refractivity contribution in [1.29, 1.82) is 0 Å². The lowest BCUT2D eigenvalue weighted by molar-refractivity contribution is -0.133. The van der Waals surface area contributed by atoms with Crippen LogP contribution in [-0.2, 0) is 4.79 Å². The van der Waals surface area contributed by atoms with Gasteiger partial charge in [-0.2, -0.15) is 5.10 Å². The highest BCUT2D eigenvalue weighted by Crippen LogP contribution is 2.34. The summed E-state index contributed by atoms with van der Waals surface area (Å²) in [5.41, 5.74) is 1.32. The summed E-state index contributed by atoms with van der Waals surface area (Å²) in [4.78, 5) is 32.9. The number of para-hydroxylation sites is 1. The van der Waals surface area contributed by atoms with Crippen molar-refractivity contribution < 1.29 is 4.79 Å². The molecule has 0 saturated heterocycles. The Morgan fingerprint density at radius 2 is 1.97 bits per heavy atom. The number of nitrogens with zero attached hydrogens (tertiary/aromatic N) is 5. The summed E-state index contributed by atoms with van der Waals surface area (Å²) in [7, 11) is 1.91. The molecule has 2 aliphatic rings. The molecule has 1 atom stereocenters. The van der Waals surface area contributed by atoms with Gasteiger partial charge in [-0.25, -0.2) is 9.67 Å². The van der Waals surface area contributed by atoms with E-state index in [-0.39, 0.29) is 17.5 Å². The van der Waals surface area contributed by atoms with Crippen molar-refractivity contribution in [2.24, 2.45) is 0 Å². The van der Waals surface area contributed by atoms with E-state index in [4.69, 9.17) is 4.98 Å². The Labute approximate surface area is 179 Å². The van der Waals surface area contributed by atoms with E-state index < -0.39 is 0 Å². The lowest BCUT2D eigenvalue weighted by atomic mass is 9.94. The number of amides is 1. The van der Waals surface area contributed by atoms with Crippen molar-refractivity contribution in [1.82, 2.24) is 24.2 Å². The van der Waals surface area contributed by atoms with Crippen LogP contribution in [0.4, 0.5) is 0 Å². The Balaban J connectivity index is 1.43. The Kier molecular flexibility index (Phi) is 5.10. The fraction of sp³-hybridized carbons (Fsp3) is 0.455. The van der Waals surface area contributed by atoms with Crippen molar-refractivity contribution >= 4 is 28.7 Å². The number of aromatic nitrogens is 4. The van der Waals surface area contributed by atoms with Crippen molar-refractivity contribution in [3.05, 3.63) is 46.9 Å². The van der Waals surface area contributed by atoms with E-state index in [1.165, 1.54) is 19.3 Å². The zero-order valence-electron chi connectivity index (χ0n) is 17.0. The van der Waals surface area contributed by atoms with Gasteiger partial charge in [0.15, 0.2) is 10.8 Å². The highest BCUT2D eigenvalue weighted by molar-refractivity contribution is 7.99. The number of hydrogen-bond acceptors (Lipinski definition) is 5. The second-order valence-electron chi connectivity index (χ2n) is 8.16. The van der Waals surface area contributed by atoms with Gasteiger partial charge < -0.3 is 4.90 Å². The topological polar surface area (TPSA) is 73.0 Å². The molecule has 7 nitrogen and oxygen atoms in total. The van der Waals surface area contributed by atoms with Crippen LogP contribution in [-0.4, -0.2) is 49.0 Å². The van der Waals surface area contributed by atoms with Crippen LogP contribution >= 0.6 is 11.8 Å². The van der Waals surface area contributed by atoms with E-state index in [0.717, 1.165) is 18.5 Å². The maximum absolute atomic E-state index is 13.3. The Bertz CT molecular complexity index is 1130. The van der Waals surface area contributed by atoms with Gasteiger partial charge in [0.2, 0.25) is 5.91 Å². The van der Waals surface area contributed by atoms with Crippen molar-refractivity contribution in [3.8, 4) is 5.69 Å². The molecule has 0 N–H and O–H groups in total. The third-order valence-corrected chi connectivity index (χ3v) is 7.40. The molecule has 0 bridgehead atoms. The second-order valence-corrected chi connectivity index (χ2v) is 9.15. The average Bonchev–Trinajstić information content (AvgIpc) is 3.39. The SMILES string of the molecule is CN(C(=O)CC1CSc2nc3c(cnn3-c3ccccc3)c(=O)n21)C1CCCCC1. The summed E-state index contributed by atoms with van der Waals surface area (Å²) < 4.78 is 3.41. The number of fused-ring (bicyclic) bond motifs is 2. The number of rotatable bonds is 4. The molecule has 1 unspecified atom stereocenters. The fourth-order valence-corrected chi connectivity index (χ4v) is 5.69. The van der Waals surface area contributed by atoms with Gasteiger partial charge in [-0.15, -0.1) is 0 Å². The molecule has 1 aliphatic carbocycles. The molecule has 1 fully saturated rings. The number of thioether (sulfide) groups is 1. The summed E-state index contributed by atoms with van der Waals surface area (Å²) in [5, 5.41) is 5.56. The molecule has 2 aromatic heterocycles. The van der Waals surface area contributed by atoms with Crippen molar-refractivity contribution in [2.45, 2.75) is 55.8 Å². The van der Waals surface area contributed by atoms with Crippen LogP contribution in [0.3, 0.4) is 0 Å². The second kappa shape index (κ2) is 7.91. The van der Waals surface area contributed by atoms with Crippen LogP contribution in [0, 0.1) is 0 Å². The predicted octanol–water partition coefficient (Wildman–Crippen LogP) is 3.41. The van der Waals surface area contributed by atoms with Gasteiger partial charge in [-0.05, 0) is 25.0 Å². The number of hydrogen-bond donors (Lipinski definition) is 0. The maximum atomic E-state index is 13.3. The molecule has 3 heterocycles. The van der Waals surface area contributed by atoms with Crippen molar-refractivity contribution in [3.63, 3.8) is 0 Å². The third-order valence-electron chi connectivity index (χ3n) is 6.30. The fourth-order valence-electron chi connectivity index (χ4n) is 4.56. The quantitative estimate of drug-likeness (QED) is 0.602. The highest BCUT2D eigenvalue weighted by atomic mass is 32.2. The molecule has 156 valence electrons. The molecule has 1 aliphatic heterocycles. The average molecular weight is 424 g/mol. The van der Waals surface area contributed by atoms with Gasteiger partial charge in [0, 0.05) is 25.3 Å². The molecular weight excluding hydrogens is 398 g/mol. The van der Waals surface area contributed by atoms with Crippen molar-refractivity contribution in [2.75, 3.05) is 12.8 Å². The highest BCUT2D eigenvalue weighted by Gasteiger charge is 2.31. The molecule has 0 spiro atoms. The Morgan fingerprint density at radius 3 is 2.73 bits per heavy atom. The minimum Gasteiger partial charge on any atom is -0.343 e. The van der Waals surface area contributed by atoms with E-state index in [1.54, 1.807) is 27.2 Å². The number of carbonyl (C=O) groups excluding carboxylic acids is 1. The van der Waals surface area contributed by atoms with Crippen LogP contribution in [0.5, 0.6) is 0 Å². The summed E-state index contributed by atoms with van der Waals surface area (Å²) in [5.74, 6) is 0.810. The summed E-state index contributed by atoms with van der Waals surface area (Å²) in [6.45, 7) is 0. The van der Waals surface area contributed by atoms with Gasteiger partial charge in [-0.1, -0.05) is 49.2 Å². The number of benzene rings is 1. The maximum Gasteiger partial charge on any atom is 0.265 e. The van der Waals surface area contributed by atoms with Crippen LogP contribution in [0.25, 0.3) is 16.7 Å². The smallest absolute Gasteiger partial charge is 0.265 e. The van der Waals surface area contributed by atoms with E-state index in [0.29, 0.717) is 34.4 Å². The minimum atomic E-state index is -0.159. The molecule has 1 saturated carbocycles. The molecule has 30 heavy (non-hydrogen) atoms. The van der Waals surface area contributed by atoms with Crippen LogP contribution in [0.2, 0.25) is 0 Å². The first-order valence-electron chi connectivity index (χ1n) is 10.6. The lowest BCUT2D eigenvalue weighted by Crippen LogP contribution is -2.39. The molecule has 0 radical (unpaired) electrons. The van der Waals surface area contributed by atoms with Gasteiger partial charge in [-0.3, -0.25) is 14.2 Å². The van der Waals surface area contributed by atoms with Gasteiger partial charge >= 0.3 is 0 Å². The normalized spacial score (nSPS) is 19.2. The van der Waals surface area contributed by atoms with Gasteiger partial charge in [0.1, 0.15) is 5.39 Å². The first kappa shape index (κ1) is 19.4. The first-order valence-corrected chi connectivity index (χ1v) is 11.6. The third kappa shape index (κ3) is 3.33. The number of carbonyl (C=O) groups is 1. The van der Waals surface area contributed by atoms with E-state index >= 15 is 0 Å². The molecular formula is C22H25N5O2S. The van der Waals surface area contributed by atoms with Crippen LogP contribution < -0.4 is 5.56 Å². The standard InChI is InChI=1S/C22H25N5O2S/c1-25(15-8-4-2-5-9-15)19(28)12-17-14-30-22-24-20-18(21(29)26(17)22)13-23-27(20)16-10-6-3-7-11-16/h3,6-7,10-11,13,15,17H,2,4-5,8-9,12,14H2,1H3. The minimum absolute atomic E-state index is 0.111. The van der Waals surface area contributed by atoms with E-state index in [2.05, 4.69) is 5.10 Å². The summed E-state index contributed by atoms with van der Waals surface area (Å²) in [6, 6.07) is 9.86. The van der Waals surface area contributed by atoms with E-state index in [9.17, 15) is 9.59 Å². The Hall–Kier alpha value is -2.61. The zero-order valence-corrected chi connectivity index (χ0v) is 17.8.